The Kier molecular flexibility index (Phi) is 0.889. The zero-order chi connectivity index (χ0) is 7.97. The van der Waals surface area contributed by atoms with Crippen molar-refractivity contribution in [3.05, 3.63) is 37.1 Å². The largest absolute Gasteiger partial charge is 0.319 e. The molecule has 0 spiro atoms. The highest BCUT2D eigenvalue weighted by molar-refractivity contribution is 5.70. The molecule has 4 heteroatoms. The van der Waals surface area contributed by atoms with Crippen molar-refractivity contribution in [1.29, 1.82) is 0 Å². The van der Waals surface area contributed by atoms with Crippen molar-refractivity contribution >= 4 is 11.2 Å². The van der Waals surface area contributed by atoms with Gasteiger partial charge in [-0.25, -0.2) is 9.50 Å². The van der Waals surface area contributed by atoms with Crippen LogP contribution in [0.15, 0.2) is 37.1 Å². The maximum atomic E-state index is 4.15. The van der Waals surface area contributed by atoms with E-state index in [0.717, 1.165) is 11.2 Å². The normalized spacial score (nSPS) is 11.3. The zero-order valence-corrected chi connectivity index (χ0v) is 6.25. The number of hydrogen-bond donors (Lipinski definition) is 0. The van der Waals surface area contributed by atoms with Crippen LogP contribution in [-0.4, -0.2) is 19.0 Å². The summed E-state index contributed by atoms with van der Waals surface area (Å²) in [5.74, 6) is 0. The average Bonchev–Trinajstić information content (AvgIpc) is 2.71. The summed E-state index contributed by atoms with van der Waals surface area (Å²) in [6.45, 7) is 0. The standard InChI is InChI=1S/C8H6N4/c1-2-7-8-9-6-10-12(8)5-4-11(7)3-1/h1-6H. The fraction of sp³-hybridized carbons (Fsp3) is 0. The van der Waals surface area contributed by atoms with Crippen molar-refractivity contribution in [2.45, 2.75) is 0 Å². The van der Waals surface area contributed by atoms with Crippen LogP contribution in [0.2, 0.25) is 0 Å². The number of rotatable bonds is 0. The number of nitrogens with zero attached hydrogens (tertiary/aromatic N) is 4. The Morgan fingerprint density at radius 3 is 3.17 bits per heavy atom. The smallest absolute Gasteiger partial charge is 0.179 e. The van der Waals surface area contributed by atoms with Gasteiger partial charge >= 0.3 is 0 Å². The highest BCUT2D eigenvalue weighted by atomic mass is 15.3. The van der Waals surface area contributed by atoms with Gasteiger partial charge in [0.25, 0.3) is 0 Å². The second kappa shape index (κ2) is 1.85. The molecule has 3 heterocycles. The first-order chi connectivity index (χ1) is 5.95. The van der Waals surface area contributed by atoms with Crippen LogP contribution < -0.4 is 0 Å². The van der Waals surface area contributed by atoms with E-state index < -0.39 is 0 Å². The monoisotopic (exact) mass is 158 g/mol. The predicted molar refractivity (Wildman–Crippen MR) is 43.9 cm³/mol. The fourth-order valence-electron chi connectivity index (χ4n) is 1.39. The average molecular weight is 158 g/mol. The molecular formula is C8H6N4. The molecule has 0 aliphatic rings. The van der Waals surface area contributed by atoms with E-state index in [0.29, 0.717) is 0 Å². The molecule has 0 aliphatic heterocycles. The first kappa shape index (κ1) is 5.77. The lowest BCUT2D eigenvalue weighted by atomic mass is 10.5. The fourth-order valence-corrected chi connectivity index (χ4v) is 1.39. The van der Waals surface area contributed by atoms with Crippen LogP contribution in [0.1, 0.15) is 0 Å². The molecule has 3 aromatic rings. The molecule has 12 heavy (non-hydrogen) atoms. The number of aromatic nitrogens is 4. The molecule has 0 aliphatic carbocycles. The van der Waals surface area contributed by atoms with Crippen LogP contribution in [0.5, 0.6) is 0 Å². The molecule has 3 aromatic heterocycles. The Morgan fingerprint density at radius 1 is 1.17 bits per heavy atom. The van der Waals surface area contributed by atoms with E-state index in [1.807, 2.05) is 35.1 Å². The number of fused-ring (bicyclic) bond motifs is 3. The zero-order valence-electron chi connectivity index (χ0n) is 6.25. The lowest BCUT2D eigenvalue weighted by Gasteiger charge is -1.94. The van der Waals surface area contributed by atoms with Crippen LogP contribution in [-0.2, 0) is 0 Å². The first-order valence-corrected chi connectivity index (χ1v) is 3.70. The summed E-state index contributed by atoms with van der Waals surface area (Å²) in [5.41, 5.74) is 1.97. The maximum absolute atomic E-state index is 4.15. The van der Waals surface area contributed by atoms with Crippen LogP contribution in [0.3, 0.4) is 0 Å². The summed E-state index contributed by atoms with van der Waals surface area (Å²) in [6, 6.07) is 4.01. The molecule has 0 amide bonds. The van der Waals surface area contributed by atoms with E-state index in [1.54, 1.807) is 10.8 Å². The summed E-state index contributed by atoms with van der Waals surface area (Å²) in [7, 11) is 0. The van der Waals surface area contributed by atoms with Gasteiger partial charge in [0, 0.05) is 18.6 Å². The van der Waals surface area contributed by atoms with Gasteiger partial charge in [-0.1, -0.05) is 0 Å². The Morgan fingerprint density at radius 2 is 2.17 bits per heavy atom. The second-order valence-electron chi connectivity index (χ2n) is 2.63. The minimum atomic E-state index is 0.891. The molecule has 0 atom stereocenters. The van der Waals surface area contributed by atoms with E-state index in [9.17, 15) is 0 Å². The summed E-state index contributed by atoms with van der Waals surface area (Å²) >= 11 is 0. The van der Waals surface area contributed by atoms with Gasteiger partial charge in [0.2, 0.25) is 0 Å². The van der Waals surface area contributed by atoms with Crippen molar-refractivity contribution in [3.63, 3.8) is 0 Å². The summed E-state index contributed by atoms with van der Waals surface area (Å²) in [5, 5.41) is 4.04. The van der Waals surface area contributed by atoms with Gasteiger partial charge in [-0.2, -0.15) is 5.10 Å². The summed E-state index contributed by atoms with van der Waals surface area (Å²) < 4.78 is 3.78. The highest BCUT2D eigenvalue weighted by Gasteiger charge is 1.99. The Bertz CT molecular complexity index is 484. The second-order valence-corrected chi connectivity index (χ2v) is 2.63. The van der Waals surface area contributed by atoms with Crippen molar-refractivity contribution in [3.8, 4) is 0 Å². The molecule has 3 rings (SSSR count). The van der Waals surface area contributed by atoms with Gasteiger partial charge < -0.3 is 4.40 Å². The van der Waals surface area contributed by atoms with Gasteiger partial charge in [-0.15, -0.1) is 0 Å². The topological polar surface area (TPSA) is 34.6 Å². The van der Waals surface area contributed by atoms with Gasteiger partial charge in [0.15, 0.2) is 5.65 Å². The lowest BCUT2D eigenvalue weighted by Crippen LogP contribution is -1.90. The van der Waals surface area contributed by atoms with E-state index in [-0.39, 0.29) is 0 Å². The van der Waals surface area contributed by atoms with E-state index >= 15 is 0 Å². The maximum Gasteiger partial charge on any atom is 0.179 e. The lowest BCUT2D eigenvalue weighted by molar-refractivity contribution is 0.943. The summed E-state index contributed by atoms with van der Waals surface area (Å²) in [4.78, 5) is 4.15. The Balaban J connectivity index is 2.71. The third kappa shape index (κ3) is 0.567. The minimum absolute atomic E-state index is 0.891. The van der Waals surface area contributed by atoms with E-state index in [2.05, 4.69) is 10.1 Å². The van der Waals surface area contributed by atoms with Gasteiger partial charge in [-0.3, -0.25) is 0 Å². The molecule has 0 fully saturated rings. The molecule has 0 aromatic carbocycles. The van der Waals surface area contributed by atoms with Crippen molar-refractivity contribution in [2.75, 3.05) is 0 Å². The first-order valence-electron chi connectivity index (χ1n) is 3.70. The highest BCUT2D eigenvalue weighted by Crippen LogP contribution is 2.08. The Labute approximate surface area is 68.1 Å². The molecule has 58 valence electrons. The van der Waals surface area contributed by atoms with Gasteiger partial charge in [0.05, 0.1) is 5.52 Å². The molecule has 0 bridgehead atoms. The van der Waals surface area contributed by atoms with Crippen LogP contribution >= 0.6 is 0 Å². The molecule has 0 radical (unpaired) electrons. The van der Waals surface area contributed by atoms with Gasteiger partial charge in [0.1, 0.15) is 6.33 Å². The predicted octanol–water partition coefficient (Wildman–Crippen LogP) is 0.982. The summed E-state index contributed by atoms with van der Waals surface area (Å²) in [6.07, 6.45) is 7.39. The van der Waals surface area contributed by atoms with E-state index in [4.69, 9.17) is 0 Å². The third-order valence-corrected chi connectivity index (χ3v) is 1.95. The van der Waals surface area contributed by atoms with Crippen LogP contribution in [0.25, 0.3) is 11.2 Å². The molecule has 0 saturated carbocycles. The quantitative estimate of drug-likeness (QED) is 0.488. The van der Waals surface area contributed by atoms with Crippen molar-refractivity contribution < 1.29 is 0 Å². The third-order valence-electron chi connectivity index (χ3n) is 1.95. The van der Waals surface area contributed by atoms with E-state index in [1.165, 1.54) is 0 Å². The number of hydrogen-bond acceptors (Lipinski definition) is 2. The molecule has 4 nitrogen and oxygen atoms in total. The minimum Gasteiger partial charge on any atom is -0.319 e. The molecule has 0 N–H and O–H groups in total. The molecule has 0 unspecified atom stereocenters. The van der Waals surface area contributed by atoms with Crippen molar-refractivity contribution in [1.82, 2.24) is 19.0 Å². The molecule has 0 saturated heterocycles. The Hall–Kier alpha value is -1.84. The molecular weight excluding hydrogens is 152 g/mol. The SMILES string of the molecule is c1cc2c3ncnn3ccn2c1. The van der Waals surface area contributed by atoms with Crippen molar-refractivity contribution in [2.24, 2.45) is 0 Å². The van der Waals surface area contributed by atoms with Gasteiger partial charge in [-0.05, 0) is 12.1 Å². The van der Waals surface area contributed by atoms with Crippen LogP contribution in [0.4, 0.5) is 0 Å². The van der Waals surface area contributed by atoms with Crippen LogP contribution in [0, 0.1) is 0 Å².